The molecule has 128 valence electrons. The number of fused-ring (bicyclic) bond motifs is 2. The van der Waals surface area contributed by atoms with Crippen molar-refractivity contribution in [1.82, 2.24) is 0 Å². The summed E-state index contributed by atoms with van der Waals surface area (Å²) in [5.41, 5.74) is 14.3. The van der Waals surface area contributed by atoms with Crippen LogP contribution in [0.4, 0.5) is 0 Å². The third-order valence-electron chi connectivity index (χ3n) is 5.13. The molecule has 2 N–H and O–H groups in total. The van der Waals surface area contributed by atoms with Crippen molar-refractivity contribution >= 4 is 21.5 Å². The molecule has 0 amide bonds. The number of rotatable bonds is 2. The molecule has 0 radical (unpaired) electrons. The molecule has 0 aliphatic rings. The second-order valence-corrected chi connectivity index (χ2v) is 6.48. The van der Waals surface area contributed by atoms with Gasteiger partial charge < -0.3 is 5.73 Å². The normalized spacial score (nSPS) is 10.8. The van der Waals surface area contributed by atoms with Gasteiger partial charge >= 0.3 is 0 Å². The first-order valence-corrected chi connectivity index (χ1v) is 9.13. The lowest BCUT2D eigenvalue weighted by Gasteiger charge is -2.18. The van der Waals surface area contributed by atoms with E-state index >= 15 is 0 Å². The van der Waals surface area contributed by atoms with Crippen LogP contribution in [0.1, 0.15) is 54.2 Å². The zero-order valence-corrected chi connectivity index (χ0v) is 16.3. The highest BCUT2D eigenvalue weighted by Gasteiger charge is 2.14. The average molecular weight is 322 g/mol. The summed E-state index contributed by atoms with van der Waals surface area (Å²) < 4.78 is 0. The molecule has 3 aromatic rings. The minimum Gasteiger partial charge on any atom is -0.326 e. The number of hydrogen-bond donors (Lipinski definition) is 1. The quantitative estimate of drug-likeness (QED) is 0.553. The van der Waals surface area contributed by atoms with Gasteiger partial charge in [0.05, 0.1) is 0 Å². The Hall–Kier alpha value is -1.86. The summed E-state index contributed by atoms with van der Waals surface area (Å²) in [4.78, 5) is 0. The number of aryl methyl sites for hydroxylation is 5. The Balaban J connectivity index is 0.00000100. The predicted octanol–water partition coefficient (Wildman–Crippen LogP) is 6.27. The Labute approximate surface area is 146 Å². The van der Waals surface area contributed by atoms with Gasteiger partial charge in [0.25, 0.3) is 0 Å². The summed E-state index contributed by atoms with van der Waals surface area (Å²) in [7, 11) is 0. The van der Waals surface area contributed by atoms with Crippen LogP contribution in [0.2, 0.25) is 0 Å². The van der Waals surface area contributed by atoms with Crippen LogP contribution >= 0.6 is 0 Å². The molecule has 0 fully saturated rings. The van der Waals surface area contributed by atoms with E-state index < -0.39 is 0 Å². The summed E-state index contributed by atoms with van der Waals surface area (Å²) in [6.07, 6.45) is 1.04. The molecule has 0 spiro atoms. The van der Waals surface area contributed by atoms with E-state index in [4.69, 9.17) is 5.73 Å². The molecule has 1 nitrogen and oxygen atoms in total. The predicted molar refractivity (Wildman–Crippen MR) is 109 cm³/mol. The van der Waals surface area contributed by atoms with Crippen LogP contribution in [-0.2, 0) is 13.0 Å². The molecular formula is C23H31N. The van der Waals surface area contributed by atoms with Crippen LogP contribution in [-0.4, -0.2) is 0 Å². The van der Waals surface area contributed by atoms with E-state index in [1.807, 2.05) is 13.8 Å². The van der Waals surface area contributed by atoms with Crippen LogP contribution in [0, 0.1) is 27.7 Å². The molecule has 0 unspecified atom stereocenters. The van der Waals surface area contributed by atoms with Gasteiger partial charge in [0.2, 0.25) is 0 Å². The summed E-state index contributed by atoms with van der Waals surface area (Å²) in [5, 5.41) is 5.42. The van der Waals surface area contributed by atoms with Crippen molar-refractivity contribution < 1.29 is 0 Å². The maximum atomic E-state index is 6.15. The van der Waals surface area contributed by atoms with Crippen molar-refractivity contribution in [2.24, 2.45) is 5.73 Å². The first kappa shape index (κ1) is 18.5. The van der Waals surface area contributed by atoms with Gasteiger partial charge in [0, 0.05) is 6.54 Å². The molecule has 0 saturated heterocycles. The van der Waals surface area contributed by atoms with Crippen LogP contribution < -0.4 is 5.73 Å². The molecule has 1 heteroatoms. The molecule has 0 aliphatic carbocycles. The van der Waals surface area contributed by atoms with E-state index in [0.29, 0.717) is 6.54 Å². The highest BCUT2D eigenvalue weighted by molar-refractivity contribution is 6.06. The monoisotopic (exact) mass is 321 g/mol. The molecule has 3 aromatic carbocycles. The van der Waals surface area contributed by atoms with Crippen LogP contribution in [0.3, 0.4) is 0 Å². The fourth-order valence-corrected chi connectivity index (χ4v) is 3.52. The van der Waals surface area contributed by atoms with E-state index in [1.54, 1.807) is 0 Å². The van der Waals surface area contributed by atoms with E-state index in [0.717, 1.165) is 6.42 Å². The van der Waals surface area contributed by atoms with Gasteiger partial charge in [-0.1, -0.05) is 45.0 Å². The fraction of sp³-hybridized carbons (Fsp3) is 0.391. The van der Waals surface area contributed by atoms with Crippen molar-refractivity contribution in [3.05, 3.63) is 57.6 Å². The molecule has 0 aromatic heterocycles. The van der Waals surface area contributed by atoms with Gasteiger partial charge in [0.1, 0.15) is 0 Å². The molecule has 0 aliphatic heterocycles. The Kier molecular flexibility index (Phi) is 5.66. The second kappa shape index (κ2) is 7.36. The standard InChI is InChI=1S/C21H25N.C2H6/c1-6-16-17-7-12(2)14(4)9-19(17)21(11-22)20-10-15(5)13(3)8-18(16)20;1-2/h7-10H,6,11,22H2,1-5H3;1-2H3. The van der Waals surface area contributed by atoms with E-state index in [1.165, 1.54) is 54.9 Å². The molecule has 0 heterocycles. The largest absolute Gasteiger partial charge is 0.326 e. The Morgan fingerprint density at radius 3 is 1.17 bits per heavy atom. The lowest BCUT2D eigenvalue weighted by atomic mass is 9.87. The molecule has 3 rings (SSSR count). The highest BCUT2D eigenvalue weighted by Crippen LogP contribution is 2.36. The van der Waals surface area contributed by atoms with Crippen LogP contribution in [0.15, 0.2) is 24.3 Å². The zero-order chi connectivity index (χ0) is 18.0. The lowest BCUT2D eigenvalue weighted by Crippen LogP contribution is -2.03. The number of benzene rings is 3. The van der Waals surface area contributed by atoms with Gasteiger partial charge in [-0.05, 0) is 89.0 Å². The van der Waals surface area contributed by atoms with Gasteiger partial charge in [0.15, 0.2) is 0 Å². The zero-order valence-electron chi connectivity index (χ0n) is 16.3. The van der Waals surface area contributed by atoms with Crippen LogP contribution in [0.5, 0.6) is 0 Å². The van der Waals surface area contributed by atoms with E-state index in [2.05, 4.69) is 58.9 Å². The first-order valence-electron chi connectivity index (χ1n) is 9.13. The first-order chi connectivity index (χ1) is 11.5. The van der Waals surface area contributed by atoms with Gasteiger partial charge in [-0.3, -0.25) is 0 Å². The maximum Gasteiger partial charge on any atom is 0.0190 e. The molecule has 0 saturated carbocycles. The number of nitrogens with two attached hydrogens (primary N) is 1. The Morgan fingerprint density at radius 2 is 0.917 bits per heavy atom. The summed E-state index contributed by atoms with van der Waals surface area (Å²) >= 11 is 0. The third-order valence-corrected chi connectivity index (χ3v) is 5.13. The summed E-state index contributed by atoms with van der Waals surface area (Å²) in [5.74, 6) is 0. The average Bonchev–Trinajstić information content (AvgIpc) is 2.58. The Morgan fingerprint density at radius 1 is 0.625 bits per heavy atom. The van der Waals surface area contributed by atoms with E-state index in [9.17, 15) is 0 Å². The van der Waals surface area contributed by atoms with E-state index in [-0.39, 0.29) is 0 Å². The second-order valence-electron chi connectivity index (χ2n) is 6.48. The van der Waals surface area contributed by atoms with Gasteiger partial charge in [-0.15, -0.1) is 0 Å². The topological polar surface area (TPSA) is 26.0 Å². The van der Waals surface area contributed by atoms with Crippen molar-refractivity contribution in [3.8, 4) is 0 Å². The van der Waals surface area contributed by atoms with Gasteiger partial charge in [-0.25, -0.2) is 0 Å². The van der Waals surface area contributed by atoms with Crippen molar-refractivity contribution in [2.45, 2.75) is 61.4 Å². The fourth-order valence-electron chi connectivity index (χ4n) is 3.52. The SMILES string of the molecule is CC.CCc1c2cc(C)c(C)cc2c(CN)c2cc(C)c(C)cc12. The molecule has 0 atom stereocenters. The minimum absolute atomic E-state index is 0.585. The van der Waals surface area contributed by atoms with Crippen molar-refractivity contribution in [2.75, 3.05) is 0 Å². The van der Waals surface area contributed by atoms with Crippen LogP contribution in [0.25, 0.3) is 21.5 Å². The maximum absolute atomic E-state index is 6.15. The summed E-state index contributed by atoms with van der Waals surface area (Å²) in [6.45, 7) is 15.6. The van der Waals surface area contributed by atoms with Gasteiger partial charge in [-0.2, -0.15) is 0 Å². The molecule has 24 heavy (non-hydrogen) atoms. The molecular weight excluding hydrogens is 290 g/mol. The summed E-state index contributed by atoms with van der Waals surface area (Å²) in [6, 6.07) is 9.33. The van der Waals surface area contributed by atoms with Crippen molar-refractivity contribution in [3.63, 3.8) is 0 Å². The Bertz CT molecular complexity index is 745. The number of hydrogen-bond acceptors (Lipinski definition) is 1. The molecule has 0 bridgehead atoms. The third kappa shape index (κ3) is 2.93. The highest BCUT2D eigenvalue weighted by atomic mass is 14.5. The lowest BCUT2D eigenvalue weighted by molar-refractivity contribution is 1.09. The van der Waals surface area contributed by atoms with Crippen molar-refractivity contribution in [1.29, 1.82) is 0 Å². The minimum atomic E-state index is 0.585. The smallest absolute Gasteiger partial charge is 0.0190 e.